The predicted octanol–water partition coefficient (Wildman–Crippen LogP) is 1.03. The van der Waals surface area contributed by atoms with Crippen molar-refractivity contribution in [3.63, 3.8) is 0 Å². The SMILES string of the molecule is NC(=O)c1ccc(C2CCCCC2)c(C(N)=O)c1C(N)=O. The highest BCUT2D eigenvalue weighted by Crippen LogP contribution is 2.36. The number of carbonyl (C=O) groups excluding carboxylic acids is 3. The molecule has 1 saturated carbocycles. The Labute approximate surface area is 122 Å². The van der Waals surface area contributed by atoms with Crippen LogP contribution in [0.25, 0.3) is 0 Å². The average molecular weight is 289 g/mol. The average Bonchev–Trinajstić information content (AvgIpc) is 2.46. The highest BCUT2D eigenvalue weighted by Gasteiger charge is 2.27. The molecule has 0 bridgehead atoms. The van der Waals surface area contributed by atoms with Crippen LogP contribution in [0.2, 0.25) is 0 Å². The molecule has 112 valence electrons. The molecule has 0 saturated heterocycles. The standard InChI is InChI=1S/C15H19N3O3/c16-13(19)10-7-6-9(8-4-2-1-3-5-8)11(14(17)20)12(10)15(18)21/h6-8H,1-5H2,(H2,16,19)(H2,17,20)(H2,18,21). The highest BCUT2D eigenvalue weighted by molar-refractivity contribution is 6.13. The molecule has 1 aromatic rings. The quantitative estimate of drug-likeness (QED) is 0.765. The molecule has 1 aliphatic carbocycles. The summed E-state index contributed by atoms with van der Waals surface area (Å²) in [5.41, 5.74) is 16.5. The van der Waals surface area contributed by atoms with Gasteiger partial charge in [0, 0.05) is 0 Å². The van der Waals surface area contributed by atoms with E-state index in [0.717, 1.165) is 32.1 Å². The molecular formula is C15H19N3O3. The van der Waals surface area contributed by atoms with Crippen LogP contribution in [0.15, 0.2) is 12.1 Å². The zero-order valence-electron chi connectivity index (χ0n) is 11.7. The van der Waals surface area contributed by atoms with E-state index < -0.39 is 17.7 Å². The lowest BCUT2D eigenvalue weighted by molar-refractivity contribution is 0.0953. The van der Waals surface area contributed by atoms with E-state index in [1.54, 1.807) is 6.07 Å². The Morgan fingerprint density at radius 1 is 0.810 bits per heavy atom. The normalized spacial score (nSPS) is 15.6. The van der Waals surface area contributed by atoms with Gasteiger partial charge < -0.3 is 17.2 Å². The Morgan fingerprint density at radius 2 is 1.38 bits per heavy atom. The molecule has 1 fully saturated rings. The molecule has 0 radical (unpaired) electrons. The maximum atomic E-state index is 11.8. The first-order valence-corrected chi connectivity index (χ1v) is 6.99. The molecule has 6 N–H and O–H groups in total. The maximum absolute atomic E-state index is 11.8. The van der Waals surface area contributed by atoms with Crippen molar-refractivity contribution in [2.24, 2.45) is 17.2 Å². The smallest absolute Gasteiger partial charge is 0.250 e. The number of rotatable bonds is 4. The Morgan fingerprint density at radius 3 is 1.86 bits per heavy atom. The molecule has 1 aliphatic rings. The lowest BCUT2D eigenvalue weighted by Gasteiger charge is -2.25. The molecule has 1 aromatic carbocycles. The molecule has 0 unspecified atom stereocenters. The lowest BCUT2D eigenvalue weighted by atomic mass is 9.80. The lowest BCUT2D eigenvalue weighted by Crippen LogP contribution is -2.28. The molecule has 0 atom stereocenters. The minimum Gasteiger partial charge on any atom is -0.366 e. The van der Waals surface area contributed by atoms with Crippen LogP contribution < -0.4 is 17.2 Å². The summed E-state index contributed by atoms with van der Waals surface area (Å²) in [6, 6.07) is 3.13. The van der Waals surface area contributed by atoms with Crippen molar-refractivity contribution in [2.45, 2.75) is 38.0 Å². The second-order valence-electron chi connectivity index (χ2n) is 5.38. The van der Waals surface area contributed by atoms with Gasteiger partial charge in [0.05, 0.1) is 16.7 Å². The summed E-state index contributed by atoms with van der Waals surface area (Å²) in [5.74, 6) is -2.27. The molecule has 0 aliphatic heterocycles. The van der Waals surface area contributed by atoms with Gasteiger partial charge in [-0.2, -0.15) is 0 Å². The largest absolute Gasteiger partial charge is 0.366 e. The fourth-order valence-electron chi connectivity index (χ4n) is 3.10. The summed E-state index contributed by atoms with van der Waals surface area (Å²) in [6.45, 7) is 0. The van der Waals surface area contributed by atoms with E-state index in [9.17, 15) is 14.4 Å². The molecule has 2 rings (SSSR count). The van der Waals surface area contributed by atoms with E-state index >= 15 is 0 Å². The second kappa shape index (κ2) is 5.95. The Hall–Kier alpha value is -2.37. The van der Waals surface area contributed by atoms with Gasteiger partial charge in [0.1, 0.15) is 0 Å². The summed E-state index contributed by atoms with van der Waals surface area (Å²) in [4.78, 5) is 35.0. The van der Waals surface area contributed by atoms with Gasteiger partial charge >= 0.3 is 0 Å². The number of carbonyl (C=O) groups is 3. The third kappa shape index (κ3) is 2.89. The first kappa shape index (κ1) is 15.0. The van der Waals surface area contributed by atoms with Crippen molar-refractivity contribution in [3.05, 3.63) is 34.4 Å². The Kier molecular flexibility index (Phi) is 4.26. The predicted molar refractivity (Wildman–Crippen MR) is 77.8 cm³/mol. The van der Waals surface area contributed by atoms with Crippen molar-refractivity contribution in [1.29, 1.82) is 0 Å². The summed E-state index contributed by atoms with van der Waals surface area (Å²) in [6.07, 6.45) is 5.13. The topological polar surface area (TPSA) is 129 Å². The molecule has 6 nitrogen and oxygen atoms in total. The molecule has 0 aromatic heterocycles. The molecular weight excluding hydrogens is 270 g/mol. The van der Waals surface area contributed by atoms with Gasteiger partial charge in [-0.3, -0.25) is 14.4 Å². The minimum absolute atomic E-state index is 0.0469. The monoisotopic (exact) mass is 289 g/mol. The van der Waals surface area contributed by atoms with Gasteiger partial charge in [-0.05, 0) is 30.4 Å². The van der Waals surface area contributed by atoms with Gasteiger partial charge in [-0.1, -0.05) is 25.3 Å². The maximum Gasteiger partial charge on any atom is 0.250 e. The summed E-state index contributed by atoms with van der Waals surface area (Å²) < 4.78 is 0. The van der Waals surface area contributed by atoms with Gasteiger partial charge in [0.15, 0.2) is 0 Å². The first-order valence-electron chi connectivity index (χ1n) is 6.99. The Bertz CT molecular complexity index is 604. The number of benzene rings is 1. The molecule has 0 spiro atoms. The number of primary amides is 3. The van der Waals surface area contributed by atoms with Crippen LogP contribution in [0, 0.1) is 0 Å². The fourth-order valence-corrected chi connectivity index (χ4v) is 3.10. The van der Waals surface area contributed by atoms with Crippen molar-refractivity contribution in [2.75, 3.05) is 0 Å². The van der Waals surface area contributed by atoms with E-state index in [2.05, 4.69) is 0 Å². The zero-order valence-corrected chi connectivity index (χ0v) is 11.7. The van der Waals surface area contributed by atoms with Crippen molar-refractivity contribution in [3.8, 4) is 0 Å². The van der Waals surface area contributed by atoms with Gasteiger partial charge in [-0.15, -0.1) is 0 Å². The Balaban J connectivity index is 2.66. The number of nitrogens with two attached hydrogens (primary N) is 3. The minimum atomic E-state index is -0.866. The zero-order chi connectivity index (χ0) is 15.6. The highest BCUT2D eigenvalue weighted by atomic mass is 16.2. The number of hydrogen-bond acceptors (Lipinski definition) is 3. The van der Waals surface area contributed by atoms with Crippen LogP contribution in [0.5, 0.6) is 0 Å². The van der Waals surface area contributed by atoms with Gasteiger partial charge in [0.25, 0.3) is 0 Å². The van der Waals surface area contributed by atoms with E-state index in [4.69, 9.17) is 17.2 Å². The van der Waals surface area contributed by atoms with Gasteiger partial charge in [0.2, 0.25) is 17.7 Å². The summed E-state index contributed by atoms with van der Waals surface area (Å²) in [7, 11) is 0. The van der Waals surface area contributed by atoms with Crippen molar-refractivity contribution in [1.82, 2.24) is 0 Å². The van der Waals surface area contributed by atoms with Crippen molar-refractivity contribution < 1.29 is 14.4 Å². The van der Waals surface area contributed by atoms with Crippen LogP contribution in [-0.4, -0.2) is 17.7 Å². The van der Waals surface area contributed by atoms with Crippen LogP contribution in [0.4, 0.5) is 0 Å². The van der Waals surface area contributed by atoms with Crippen LogP contribution in [0.1, 0.15) is 74.7 Å². The second-order valence-corrected chi connectivity index (χ2v) is 5.38. The number of hydrogen-bond donors (Lipinski definition) is 3. The third-order valence-corrected chi connectivity index (χ3v) is 4.04. The van der Waals surface area contributed by atoms with E-state index in [-0.39, 0.29) is 22.6 Å². The summed E-state index contributed by atoms with van der Waals surface area (Å²) in [5, 5.41) is 0. The van der Waals surface area contributed by atoms with Gasteiger partial charge in [-0.25, -0.2) is 0 Å². The van der Waals surface area contributed by atoms with Crippen LogP contribution in [-0.2, 0) is 0 Å². The van der Waals surface area contributed by atoms with Crippen LogP contribution in [0.3, 0.4) is 0 Å². The molecule has 0 heterocycles. The molecule has 6 heteroatoms. The van der Waals surface area contributed by atoms with E-state index in [1.807, 2.05) is 0 Å². The third-order valence-electron chi connectivity index (χ3n) is 4.04. The summed E-state index contributed by atoms with van der Waals surface area (Å²) >= 11 is 0. The molecule has 21 heavy (non-hydrogen) atoms. The van der Waals surface area contributed by atoms with E-state index in [1.165, 1.54) is 6.07 Å². The number of amides is 3. The first-order chi connectivity index (χ1) is 9.93. The van der Waals surface area contributed by atoms with Crippen LogP contribution >= 0.6 is 0 Å². The van der Waals surface area contributed by atoms with E-state index in [0.29, 0.717) is 5.56 Å². The molecule has 3 amide bonds. The van der Waals surface area contributed by atoms with Crippen molar-refractivity contribution >= 4 is 17.7 Å². The fraction of sp³-hybridized carbons (Fsp3) is 0.400.